The lowest BCUT2D eigenvalue weighted by atomic mass is 9.97. The van der Waals surface area contributed by atoms with Crippen molar-refractivity contribution in [3.63, 3.8) is 0 Å². The topological polar surface area (TPSA) is 72.7 Å². The van der Waals surface area contributed by atoms with Gasteiger partial charge in [0.05, 0.1) is 12.8 Å². The van der Waals surface area contributed by atoms with Crippen molar-refractivity contribution in [1.82, 2.24) is 9.38 Å². The average Bonchev–Trinajstić information content (AvgIpc) is 3.29. The van der Waals surface area contributed by atoms with Gasteiger partial charge in [-0.25, -0.2) is 14.2 Å². The van der Waals surface area contributed by atoms with Gasteiger partial charge in [0.25, 0.3) is 5.91 Å². The summed E-state index contributed by atoms with van der Waals surface area (Å²) in [5, 5.41) is 4.98. The molecule has 0 atom stereocenters. The van der Waals surface area contributed by atoms with Crippen LogP contribution in [0.3, 0.4) is 0 Å². The number of esters is 1. The number of aryl methyl sites for hydroxylation is 3. The van der Waals surface area contributed by atoms with E-state index in [1.807, 2.05) is 37.4 Å². The fourth-order valence-corrected chi connectivity index (χ4v) is 4.49. The first-order valence-electron chi connectivity index (χ1n) is 9.53. The summed E-state index contributed by atoms with van der Waals surface area (Å²) in [5.41, 5.74) is 5.03. The lowest BCUT2D eigenvalue weighted by molar-refractivity contribution is 0.0603. The number of fused-ring (bicyclic) bond motifs is 1. The Bertz CT molecular complexity index is 1340. The minimum absolute atomic E-state index is 0.201. The van der Waals surface area contributed by atoms with Gasteiger partial charge in [0.2, 0.25) is 0 Å². The first-order chi connectivity index (χ1) is 14.8. The molecule has 1 amide bonds. The fraction of sp³-hybridized carbons (Fsp3) is 0.174. The first kappa shape index (κ1) is 20.7. The third-order valence-electron chi connectivity index (χ3n) is 5.06. The van der Waals surface area contributed by atoms with Crippen LogP contribution in [-0.2, 0) is 4.74 Å². The minimum atomic E-state index is -0.548. The number of nitrogens with zero attached hydrogens (tertiary/aromatic N) is 2. The smallest absolute Gasteiger partial charge is 0.341 e. The van der Waals surface area contributed by atoms with Crippen LogP contribution in [0.5, 0.6) is 0 Å². The SMILES string of the molecule is COC(=O)c1c(-c2cc(C)ccc2C)csc1NC(=O)c1c(C)nc2ccc(F)cn12. The minimum Gasteiger partial charge on any atom is -0.465 e. The van der Waals surface area contributed by atoms with Gasteiger partial charge >= 0.3 is 5.97 Å². The number of hydrogen-bond donors (Lipinski definition) is 1. The highest BCUT2D eigenvalue weighted by Gasteiger charge is 2.25. The summed E-state index contributed by atoms with van der Waals surface area (Å²) < 4.78 is 20.2. The van der Waals surface area contributed by atoms with Crippen molar-refractivity contribution in [2.45, 2.75) is 20.8 Å². The number of hydrogen-bond acceptors (Lipinski definition) is 5. The Morgan fingerprint density at radius 2 is 1.90 bits per heavy atom. The van der Waals surface area contributed by atoms with Crippen LogP contribution in [0.1, 0.15) is 37.7 Å². The molecule has 1 aromatic carbocycles. The van der Waals surface area contributed by atoms with Crippen molar-refractivity contribution in [2.24, 2.45) is 0 Å². The van der Waals surface area contributed by atoms with E-state index in [0.717, 1.165) is 16.7 Å². The molecule has 4 aromatic rings. The normalized spacial score (nSPS) is 11.0. The second-order valence-corrected chi connectivity index (χ2v) is 8.12. The van der Waals surface area contributed by atoms with E-state index in [1.165, 1.54) is 41.2 Å². The maximum absolute atomic E-state index is 13.8. The third-order valence-corrected chi connectivity index (χ3v) is 5.96. The number of carbonyl (C=O) groups excluding carboxylic acids is 2. The number of benzene rings is 1. The zero-order chi connectivity index (χ0) is 22.3. The Balaban J connectivity index is 1.79. The molecule has 1 N–H and O–H groups in total. The van der Waals surface area contributed by atoms with Gasteiger partial charge in [0.15, 0.2) is 0 Å². The van der Waals surface area contributed by atoms with Gasteiger partial charge in [-0.05, 0) is 44.0 Å². The van der Waals surface area contributed by atoms with Crippen LogP contribution in [0.25, 0.3) is 16.8 Å². The lowest BCUT2D eigenvalue weighted by Gasteiger charge is -2.10. The van der Waals surface area contributed by atoms with Crippen LogP contribution in [0.2, 0.25) is 0 Å². The molecule has 6 nitrogen and oxygen atoms in total. The summed E-state index contributed by atoms with van der Waals surface area (Å²) >= 11 is 1.23. The number of methoxy groups -OCH3 is 1. The maximum atomic E-state index is 13.8. The quantitative estimate of drug-likeness (QED) is 0.447. The molecule has 31 heavy (non-hydrogen) atoms. The monoisotopic (exact) mass is 437 g/mol. The van der Waals surface area contributed by atoms with Crippen molar-refractivity contribution >= 4 is 33.9 Å². The van der Waals surface area contributed by atoms with Gasteiger partial charge < -0.3 is 10.1 Å². The number of ether oxygens (including phenoxy) is 1. The molecule has 158 valence electrons. The Morgan fingerprint density at radius 3 is 2.65 bits per heavy atom. The molecular formula is C23H20FN3O3S. The molecule has 0 bridgehead atoms. The second kappa shape index (κ2) is 7.96. The van der Waals surface area contributed by atoms with E-state index in [2.05, 4.69) is 10.3 Å². The molecule has 0 radical (unpaired) electrons. The summed E-state index contributed by atoms with van der Waals surface area (Å²) in [6.45, 7) is 5.61. The van der Waals surface area contributed by atoms with E-state index in [1.54, 1.807) is 6.92 Å². The van der Waals surface area contributed by atoms with Crippen LogP contribution >= 0.6 is 11.3 Å². The summed E-state index contributed by atoms with van der Waals surface area (Å²) in [4.78, 5) is 30.1. The number of halogens is 1. The van der Waals surface area contributed by atoms with Crippen molar-refractivity contribution < 1.29 is 18.7 Å². The highest BCUT2D eigenvalue weighted by atomic mass is 32.1. The summed E-state index contributed by atoms with van der Waals surface area (Å²) in [7, 11) is 1.30. The van der Waals surface area contributed by atoms with Gasteiger partial charge in [-0.15, -0.1) is 11.3 Å². The lowest BCUT2D eigenvalue weighted by Crippen LogP contribution is -2.17. The Kier molecular flexibility index (Phi) is 5.32. The molecular weight excluding hydrogens is 417 g/mol. The van der Waals surface area contributed by atoms with Crippen molar-refractivity contribution in [3.8, 4) is 11.1 Å². The molecule has 4 rings (SSSR count). The van der Waals surface area contributed by atoms with Crippen LogP contribution in [0.15, 0.2) is 41.9 Å². The Morgan fingerprint density at radius 1 is 1.13 bits per heavy atom. The molecule has 0 aliphatic rings. The highest BCUT2D eigenvalue weighted by molar-refractivity contribution is 7.15. The number of thiophene rings is 1. The van der Waals surface area contributed by atoms with Crippen LogP contribution in [0.4, 0.5) is 9.39 Å². The van der Waals surface area contributed by atoms with E-state index < -0.39 is 17.7 Å². The van der Waals surface area contributed by atoms with Gasteiger partial charge in [-0.1, -0.05) is 23.8 Å². The van der Waals surface area contributed by atoms with E-state index in [9.17, 15) is 14.0 Å². The van der Waals surface area contributed by atoms with Gasteiger partial charge in [0, 0.05) is 17.1 Å². The summed E-state index contributed by atoms with van der Waals surface area (Å²) in [6, 6.07) is 8.76. The van der Waals surface area contributed by atoms with Crippen LogP contribution in [0, 0.1) is 26.6 Å². The largest absolute Gasteiger partial charge is 0.465 e. The summed E-state index contributed by atoms with van der Waals surface area (Å²) in [5.74, 6) is -1.52. The Labute approximate surface area is 182 Å². The predicted octanol–water partition coefficient (Wildman–Crippen LogP) is 5.17. The Hall–Kier alpha value is -3.52. The third kappa shape index (κ3) is 3.70. The molecule has 0 aliphatic carbocycles. The van der Waals surface area contributed by atoms with E-state index >= 15 is 0 Å². The molecule has 3 heterocycles. The molecule has 0 fully saturated rings. The molecule has 0 spiro atoms. The molecule has 0 saturated carbocycles. The van der Waals surface area contributed by atoms with E-state index in [-0.39, 0.29) is 11.3 Å². The van der Waals surface area contributed by atoms with Crippen LogP contribution in [-0.4, -0.2) is 28.4 Å². The zero-order valence-electron chi connectivity index (χ0n) is 17.4. The van der Waals surface area contributed by atoms with Gasteiger partial charge in [-0.2, -0.15) is 0 Å². The van der Waals surface area contributed by atoms with Crippen molar-refractivity contribution in [2.75, 3.05) is 12.4 Å². The standard InChI is InChI=1S/C23H20FN3O3S/c1-12-5-6-13(2)16(9-12)17-11-31-22(19(17)23(29)30-4)26-21(28)20-14(3)25-18-8-7-15(24)10-27(18)20/h5-11H,1-4H3,(H,26,28). The maximum Gasteiger partial charge on any atom is 0.341 e. The second-order valence-electron chi connectivity index (χ2n) is 7.24. The number of carbonyl (C=O) groups is 2. The molecule has 0 unspecified atom stereocenters. The first-order valence-corrected chi connectivity index (χ1v) is 10.4. The molecule has 3 aromatic heterocycles. The number of rotatable bonds is 4. The summed E-state index contributed by atoms with van der Waals surface area (Å²) in [6.07, 6.45) is 1.21. The number of nitrogens with one attached hydrogen (secondary N) is 1. The number of amides is 1. The van der Waals surface area contributed by atoms with Gasteiger partial charge in [0.1, 0.15) is 27.7 Å². The number of aromatic nitrogens is 2. The molecule has 8 heteroatoms. The number of anilines is 1. The zero-order valence-corrected chi connectivity index (χ0v) is 18.3. The van der Waals surface area contributed by atoms with Crippen LogP contribution < -0.4 is 5.32 Å². The van der Waals surface area contributed by atoms with Gasteiger partial charge in [-0.3, -0.25) is 9.20 Å². The fourth-order valence-electron chi connectivity index (χ4n) is 3.55. The van der Waals surface area contributed by atoms with E-state index in [4.69, 9.17) is 4.74 Å². The average molecular weight is 437 g/mol. The number of imidazole rings is 1. The molecule has 0 saturated heterocycles. The van der Waals surface area contributed by atoms with Crippen molar-refractivity contribution in [3.05, 3.63) is 75.8 Å². The predicted molar refractivity (Wildman–Crippen MR) is 118 cm³/mol. The van der Waals surface area contributed by atoms with E-state index in [0.29, 0.717) is 21.9 Å². The number of pyridine rings is 1. The molecule has 0 aliphatic heterocycles. The van der Waals surface area contributed by atoms with Crippen molar-refractivity contribution in [1.29, 1.82) is 0 Å². The highest BCUT2D eigenvalue weighted by Crippen LogP contribution is 2.38.